The number of nitrogens with one attached hydrogen (secondary N) is 1. The molecule has 3 rings (SSSR count). The minimum Gasteiger partial charge on any atom is -0.492 e. The van der Waals surface area contributed by atoms with Crippen molar-refractivity contribution in [2.75, 3.05) is 19.8 Å². The van der Waals surface area contributed by atoms with Crippen molar-refractivity contribution in [3.63, 3.8) is 0 Å². The van der Waals surface area contributed by atoms with Gasteiger partial charge in [0.1, 0.15) is 12.3 Å². The van der Waals surface area contributed by atoms with Gasteiger partial charge in [-0.3, -0.25) is 14.6 Å². The highest BCUT2D eigenvalue weighted by molar-refractivity contribution is 6.44. The molecule has 0 saturated carbocycles. The van der Waals surface area contributed by atoms with Crippen LogP contribution in [-0.4, -0.2) is 58.6 Å². The maximum Gasteiger partial charge on any atom is 0.272 e. The highest BCUT2D eigenvalue weighted by atomic mass is 19.3. The van der Waals surface area contributed by atoms with Crippen molar-refractivity contribution in [1.82, 2.24) is 9.88 Å². The van der Waals surface area contributed by atoms with Crippen LogP contribution in [-0.2, 0) is 11.3 Å². The largest absolute Gasteiger partial charge is 0.492 e. The minimum atomic E-state index is -2.53. The van der Waals surface area contributed by atoms with E-state index in [4.69, 9.17) is 15.3 Å². The van der Waals surface area contributed by atoms with Crippen molar-refractivity contribution in [1.29, 1.82) is 5.41 Å². The van der Waals surface area contributed by atoms with Gasteiger partial charge in [0.15, 0.2) is 0 Å². The van der Waals surface area contributed by atoms with Crippen LogP contribution in [0.4, 0.5) is 8.78 Å². The number of rotatable bonds is 9. The number of alkyl halides is 2. The molecule has 0 aromatic carbocycles. The number of carbonyl (C=O) groups is 2. The van der Waals surface area contributed by atoms with Gasteiger partial charge in [0.05, 0.1) is 11.5 Å². The number of ether oxygens (including phenoxy) is 1. The van der Waals surface area contributed by atoms with E-state index in [1.807, 2.05) is 6.08 Å². The van der Waals surface area contributed by atoms with Crippen molar-refractivity contribution >= 4 is 17.4 Å². The predicted octanol–water partition coefficient (Wildman–Crippen LogP) is 2.90. The Morgan fingerprint density at radius 1 is 1.40 bits per heavy atom. The second kappa shape index (κ2) is 9.25. The first kappa shape index (κ1) is 21.8. The Morgan fingerprint density at radius 2 is 2.17 bits per heavy atom. The van der Waals surface area contributed by atoms with Gasteiger partial charge in [-0.25, -0.2) is 8.78 Å². The molecule has 1 aliphatic carbocycles. The molecule has 2 aliphatic rings. The number of carbonyl (C=O) groups excluding carboxylic acids is 2. The van der Waals surface area contributed by atoms with Gasteiger partial charge in [-0.1, -0.05) is 11.6 Å². The Labute approximate surface area is 172 Å². The summed E-state index contributed by atoms with van der Waals surface area (Å²) >= 11 is 0. The van der Waals surface area contributed by atoms with Gasteiger partial charge < -0.3 is 20.2 Å². The van der Waals surface area contributed by atoms with Crippen LogP contribution >= 0.6 is 0 Å². The molecule has 160 valence electrons. The van der Waals surface area contributed by atoms with E-state index >= 15 is 0 Å². The molecule has 0 radical (unpaired) electrons. The van der Waals surface area contributed by atoms with Crippen LogP contribution in [0.2, 0.25) is 0 Å². The molecule has 0 saturated heterocycles. The number of hydrogen-bond donors (Lipinski definition) is 2. The molecule has 1 amide bonds. The minimum absolute atomic E-state index is 0.0678. The molecule has 2 heterocycles. The average Bonchev–Trinajstić information content (AvgIpc) is 3.02. The van der Waals surface area contributed by atoms with Crippen LogP contribution in [0, 0.1) is 5.41 Å². The lowest BCUT2D eigenvalue weighted by molar-refractivity contribution is 0.0448. The summed E-state index contributed by atoms with van der Waals surface area (Å²) in [6.45, 7) is 1.38. The first-order valence-electron chi connectivity index (χ1n) is 9.62. The smallest absolute Gasteiger partial charge is 0.272 e. The van der Waals surface area contributed by atoms with E-state index in [2.05, 4.69) is 4.98 Å². The molecule has 0 unspecified atom stereocenters. The summed E-state index contributed by atoms with van der Waals surface area (Å²) < 4.78 is 29.9. The van der Waals surface area contributed by atoms with Crippen LogP contribution in [0.5, 0.6) is 0 Å². The van der Waals surface area contributed by atoms with E-state index in [1.54, 1.807) is 17.9 Å². The number of halogens is 2. The number of aliphatic hydroxyl groups excluding tert-OH is 1. The molecule has 0 fully saturated rings. The molecule has 0 bridgehead atoms. The molecule has 30 heavy (non-hydrogen) atoms. The highest BCUT2D eigenvalue weighted by Crippen LogP contribution is 2.30. The third-order valence-electron chi connectivity index (χ3n) is 5.08. The van der Waals surface area contributed by atoms with E-state index in [9.17, 15) is 18.4 Å². The summed E-state index contributed by atoms with van der Waals surface area (Å²) in [7, 11) is 0. The van der Waals surface area contributed by atoms with Crippen LogP contribution in [0.25, 0.3) is 0 Å². The second-order valence-electron chi connectivity index (χ2n) is 7.24. The molecule has 9 heteroatoms. The lowest BCUT2D eigenvalue weighted by Crippen LogP contribution is -2.27. The van der Waals surface area contributed by atoms with Crippen molar-refractivity contribution in [2.45, 2.75) is 39.2 Å². The summed E-state index contributed by atoms with van der Waals surface area (Å²) in [6.07, 6.45) is 1.70. The van der Waals surface area contributed by atoms with Crippen LogP contribution < -0.4 is 0 Å². The molecular formula is C21H23F2N3O4. The summed E-state index contributed by atoms with van der Waals surface area (Å²) in [5.41, 5.74) is 2.41. The van der Waals surface area contributed by atoms with E-state index in [1.165, 1.54) is 6.20 Å². The molecule has 7 nitrogen and oxygen atoms in total. The average molecular weight is 419 g/mol. The van der Waals surface area contributed by atoms with Crippen molar-refractivity contribution in [3.8, 4) is 0 Å². The quantitative estimate of drug-likeness (QED) is 0.473. The third kappa shape index (κ3) is 4.62. The monoisotopic (exact) mass is 419 g/mol. The zero-order valence-electron chi connectivity index (χ0n) is 16.6. The lowest BCUT2D eigenvalue weighted by Gasteiger charge is -2.23. The Morgan fingerprint density at radius 3 is 2.83 bits per heavy atom. The van der Waals surface area contributed by atoms with Crippen molar-refractivity contribution < 1.29 is 28.2 Å². The molecule has 2 N–H and O–H groups in total. The molecule has 1 aliphatic heterocycles. The number of aromatic nitrogens is 1. The van der Waals surface area contributed by atoms with E-state index in [-0.39, 0.29) is 36.9 Å². The summed E-state index contributed by atoms with van der Waals surface area (Å²) in [5, 5.41) is 16.7. The number of pyridine rings is 1. The van der Waals surface area contributed by atoms with Gasteiger partial charge in [-0.15, -0.1) is 0 Å². The Bertz CT molecular complexity index is 940. The van der Waals surface area contributed by atoms with E-state index in [0.29, 0.717) is 36.3 Å². The zero-order chi connectivity index (χ0) is 21.8. The number of aliphatic hydroxyl groups is 1. The number of fused-ring (bicyclic) bond motifs is 1. The van der Waals surface area contributed by atoms with Gasteiger partial charge in [0, 0.05) is 49.9 Å². The fourth-order valence-electron chi connectivity index (χ4n) is 3.63. The summed E-state index contributed by atoms with van der Waals surface area (Å²) in [5.74, 6) is -0.279. The van der Waals surface area contributed by atoms with E-state index < -0.39 is 18.8 Å². The Balaban J connectivity index is 1.74. The number of ketones is 1. The maximum atomic E-state index is 12.8. The maximum absolute atomic E-state index is 12.8. The second-order valence-corrected chi connectivity index (χ2v) is 7.24. The zero-order valence-corrected chi connectivity index (χ0v) is 16.6. The standard InChI is InChI=1S/C21H23F2N3O4/c1-12-8-13(2-3-17(12)30-11-18(22)23)9-26-10-15-14(21(26)29)4-6-25-19(15)20(28)16(24)5-7-27/h4,6,8,18,24,27H,2-3,5,7,9-11H2,1H3. The number of Topliss-reactive ketones (excluding diaryl/α,β-unsaturated/α-hetero) is 1. The topological polar surface area (TPSA) is 104 Å². The SMILES string of the molecule is CC1=C(OCC(F)F)CCC(CN2Cc3c(ccnc3C(=O)C(=N)CCO)C2=O)=C1. The van der Waals surface area contributed by atoms with Gasteiger partial charge in [-0.05, 0) is 25.0 Å². The first-order chi connectivity index (χ1) is 14.3. The molecule has 1 aromatic rings. The fourth-order valence-corrected chi connectivity index (χ4v) is 3.63. The highest BCUT2D eigenvalue weighted by Gasteiger charge is 2.33. The lowest BCUT2D eigenvalue weighted by atomic mass is 9.98. The number of allylic oxidation sites excluding steroid dienone is 3. The van der Waals surface area contributed by atoms with Crippen LogP contribution in [0.1, 0.15) is 52.6 Å². The predicted molar refractivity (Wildman–Crippen MR) is 105 cm³/mol. The van der Waals surface area contributed by atoms with Gasteiger partial charge in [0.2, 0.25) is 5.78 Å². The molecular weight excluding hydrogens is 396 g/mol. The van der Waals surface area contributed by atoms with Gasteiger partial charge in [0.25, 0.3) is 12.3 Å². The molecule has 0 atom stereocenters. The van der Waals surface area contributed by atoms with Crippen LogP contribution in [0.3, 0.4) is 0 Å². The van der Waals surface area contributed by atoms with Crippen LogP contribution in [0.15, 0.2) is 35.2 Å². The van der Waals surface area contributed by atoms with Gasteiger partial charge in [-0.2, -0.15) is 0 Å². The molecule has 0 spiro atoms. The van der Waals surface area contributed by atoms with Crippen molar-refractivity contribution in [2.24, 2.45) is 0 Å². The summed E-state index contributed by atoms with van der Waals surface area (Å²) in [4.78, 5) is 31.0. The Kier molecular flexibility index (Phi) is 6.71. The number of hydrogen-bond acceptors (Lipinski definition) is 6. The summed E-state index contributed by atoms with van der Waals surface area (Å²) in [6, 6.07) is 1.56. The van der Waals surface area contributed by atoms with Gasteiger partial charge >= 0.3 is 0 Å². The third-order valence-corrected chi connectivity index (χ3v) is 5.08. The van der Waals surface area contributed by atoms with Crippen molar-refractivity contribution in [3.05, 3.63) is 52.1 Å². The normalized spacial score (nSPS) is 16.1. The Hall–Kier alpha value is -2.94. The number of amides is 1. The molecule has 1 aromatic heterocycles. The first-order valence-corrected chi connectivity index (χ1v) is 9.62. The number of nitrogens with zero attached hydrogens (tertiary/aromatic N) is 2. The van der Waals surface area contributed by atoms with E-state index in [0.717, 1.165) is 11.1 Å². The fraction of sp³-hybridized carbons (Fsp3) is 0.429.